The van der Waals surface area contributed by atoms with Crippen LogP contribution in [0.1, 0.15) is 22.6 Å². The topological polar surface area (TPSA) is 80.5 Å². The van der Waals surface area contributed by atoms with Gasteiger partial charge in [-0.2, -0.15) is 9.61 Å². The summed E-state index contributed by atoms with van der Waals surface area (Å²) in [5.41, 5.74) is 5.81. The highest BCUT2D eigenvalue weighted by atomic mass is 35.5. The van der Waals surface area contributed by atoms with Crippen LogP contribution in [-0.2, 0) is 11.3 Å². The molecule has 0 spiro atoms. The number of carbonyl (C=O) groups excluding carboxylic acids is 1. The predicted molar refractivity (Wildman–Crippen MR) is 166 cm³/mol. The van der Waals surface area contributed by atoms with Crippen LogP contribution in [0.3, 0.4) is 0 Å². The van der Waals surface area contributed by atoms with E-state index in [1.54, 1.807) is 10.7 Å². The van der Waals surface area contributed by atoms with E-state index >= 15 is 0 Å². The number of carbonyl (C=O) groups is 1. The molecule has 0 atom stereocenters. The molecule has 2 N–H and O–H groups in total. The Kier molecular flexibility index (Phi) is 6.60. The van der Waals surface area contributed by atoms with Crippen molar-refractivity contribution in [3.63, 3.8) is 0 Å². The molecular weight excluding hydrogens is 545 g/mol. The number of ether oxygens (including phenoxy) is 1. The van der Waals surface area contributed by atoms with Crippen molar-refractivity contribution in [3.8, 4) is 22.8 Å². The number of benzene rings is 4. The smallest absolute Gasteiger partial charge is 0.236 e. The zero-order valence-corrected chi connectivity index (χ0v) is 23.0. The second kappa shape index (κ2) is 10.7. The van der Waals surface area contributed by atoms with Crippen molar-refractivity contribution in [1.29, 1.82) is 0 Å². The van der Waals surface area contributed by atoms with Gasteiger partial charge in [0.15, 0.2) is 5.65 Å². The number of fused-ring (bicyclic) bond motifs is 3. The van der Waals surface area contributed by atoms with E-state index in [0.717, 1.165) is 22.3 Å². The van der Waals surface area contributed by atoms with Gasteiger partial charge in [0, 0.05) is 46.2 Å². The van der Waals surface area contributed by atoms with Crippen molar-refractivity contribution in [2.24, 2.45) is 0 Å². The second-order valence-corrected chi connectivity index (χ2v) is 10.4. The molecule has 1 aliphatic rings. The molecule has 2 aromatic heterocycles. The molecule has 9 heteroatoms. The number of nitrogens with one attached hydrogen (secondary N) is 2. The third kappa shape index (κ3) is 4.76. The summed E-state index contributed by atoms with van der Waals surface area (Å²) >= 11 is 6.46. The van der Waals surface area contributed by atoms with Crippen molar-refractivity contribution in [1.82, 2.24) is 14.6 Å². The van der Waals surface area contributed by atoms with Crippen molar-refractivity contribution < 1.29 is 9.53 Å². The van der Waals surface area contributed by atoms with Gasteiger partial charge >= 0.3 is 0 Å². The fraction of sp³-hybridized carbons (Fsp3) is 0.0606. The summed E-state index contributed by atoms with van der Waals surface area (Å²) in [6, 6.07) is 32.5. The summed E-state index contributed by atoms with van der Waals surface area (Å²) in [6.07, 6.45) is 1.58. The molecule has 7 rings (SSSR count). The van der Waals surface area contributed by atoms with Gasteiger partial charge in [0.05, 0.1) is 11.6 Å². The molecule has 42 heavy (non-hydrogen) atoms. The van der Waals surface area contributed by atoms with Gasteiger partial charge in [-0.15, -0.1) is 0 Å². The Morgan fingerprint density at radius 2 is 1.62 bits per heavy atom. The van der Waals surface area contributed by atoms with E-state index in [9.17, 15) is 4.79 Å². The lowest BCUT2D eigenvalue weighted by atomic mass is 9.87. The summed E-state index contributed by atoms with van der Waals surface area (Å²) in [5, 5.41) is 11.6. The normalized spacial score (nSPS) is 12.3. The molecule has 2 radical (unpaired) electrons. The average Bonchev–Trinajstić information content (AvgIpc) is 3.39. The Balaban J connectivity index is 1.14. The molecule has 0 unspecified atom stereocenters. The van der Waals surface area contributed by atoms with Gasteiger partial charge in [-0.3, -0.25) is 4.79 Å². The first-order valence-electron chi connectivity index (χ1n) is 13.4. The molecule has 202 valence electrons. The summed E-state index contributed by atoms with van der Waals surface area (Å²) in [5.74, 6) is 1.46. The number of hydrogen-bond acceptors (Lipinski definition) is 5. The number of halogens is 1. The number of anilines is 2. The summed E-state index contributed by atoms with van der Waals surface area (Å²) in [6.45, 7) is 0.466. The van der Waals surface area contributed by atoms with E-state index in [-0.39, 0.29) is 5.91 Å². The van der Waals surface area contributed by atoms with Crippen molar-refractivity contribution >= 4 is 48.0 Å². The molecule has 7 nitrogen and oxygen atoms in total. The van der Waals surface area contributed by atoms with E-state index in [0.29, 0.717) is 51.4 Å². The number of hydrogen-bond donors (Lipinski definition) is 2. The first kappa shape index (κ1) is 25.9. The maximum atomic E-state index is 13.7. The van der Waals surface area contributed by atoms with Crippen LogP contribution in [0.4, 0.5) is 11.5 Å². The van der Waals surface area contributed by atoms with E-state index in [2.05, 4.69) is 15.7 Å². The van der Waals surface area contributed by atoms with Crippen molar-refractivity contribution in [3.05, 3.63) is 131 Å². The highest BCUT2D eigenvalue weighted by molar-refractivity contribution is 6.36. The lowest BCUT2D eigenvalue weighted by Gasteiger charge is -2.27. The molecule has 0 saturated heterocycles. The Morgan fingerprint density at radius 3 is 2.38 bits per heavy atom. The zero-order valence-electron chi connectivity index (χ0n) is 22.3. The molecule has 0 aliphatic carbocycles. The van der Waals surface area contributed by atoms with Gasteiger partial charge in [-0.1, -0.05) is 78.3 Å². The highest BCUT2D eigenvalue weighted by Crippen LogP contribution is 2.44. The lowest BCUT2D eigenvalue weighted by Crippen LogP contribution is -2.25. The molecule has 6 aromatic rings. The van der Waals surface area contributed by atoms with E-state index in [1.165, 1.54) is 0 Å². The van der Waals surface area contributed by atoms with E-state index in [1.807, 2.05) is 103 Å². The van der Waals surface area contributed by atoms with E-state index < -0.39 is 5.92 Å². The number of rotatable bonds is 6. The summed E-state index contributed by atoms with van der Waals surface area (Å²) < 4.78 is 7.73. The summed E-state index contributed by atoms with van der Waals surface area (Å²) in [7, 11) is 6.17. The Morgan fingerprint density at radius 1 is 0.905 bits per heavy atom. The maximum absolute atomic E-state index is 13.7. The van der Waals surface area contributed by atoms with Crippen LogP contribution in [0.25, 0.3) is 16.9 Å². The molecule has 1 amide bonds. The molecule has 0 saturated carbocycles. The average molecular weight is 568 g/mol. The largest absolute Gasteiger partial charge is 0.457 e. The van der Waals surface area contributed by atoms with Crippen LogP contribution in [0.15, 0.2) is 109 Å². The monoisotopic (exact) mass is 567 g/mol. The number of aromatic nitrogens is 3. The molecule has 4 aromatic carbocycles. The van der Waals surface area contributed by atoms with Crippen LogP contribution in [-0.4, -0.2) is 28.4 Å². The zero-order chi connectivity index (χ0) is 28.6. The molecule has 0 fully saturated rings. The SMILES string of the molecule is [B]c1cnn2c(NCc3cccc(NC(=O)C4c5ccccc5Oc5ccccc54)c3)cc(-c3ccccc3Cl)nc12. The minimum atomic E-state index is -0.494. The first-order chi connectivity index (χ1) is 20.5. The molecule has 0 bridgehead atoms. The minimum absolute atomic E-state index is 0.129. The van der Waals surface area contributed by atoms with Gasteiger partial charge in [0.2, 0.25) is 5.91 Å². The Bertz CT molecular complexity index is 1930. The molecule has 3 heterocycles. The van der Waals surface area contributed by atoms with Gasteiger partial charge in [0.1, 0.15) is 25.2 Å². The van der Waals surface area contributed by atoms with Crippen LogP contribution >= 0.6 is 11.6 Å². The van der Waals surface area contributed by atoms with Crippen molar-refractivity contribution in [2.75, 3.05) is 10.6 Å². The van der Waals surface area contributed by atoms with Crippen LogP contribution < -0.4 is 20.8 Å². The Labute approximate surface area is 248 Å². The maximum Gasteiger partial charge on any atom is 0.236 e. The molecule has 1 aliphatic heterocycles. The second-order valence-electron chi connectivity index (χ2n) is 10.00. The van der Waals surface area contributed by atoms with Gasteiger partial charge in [-0.05, 0) is 41.4 Å². The summed E-state index contributed by atoms with van der Waals surface area (Å²) in [4.78, 5) is 18.4. The highest BCUT2D eigenvalue weighted by Gasteiger charge is 2.32. The van der Waals surface area contributed by atoms with Gasteiger partial charge in [-0.25, -0.2) is 4.98 Å². The third-order valence-corrected chi connectivity index (χ3v) is 7.59. The quantitative estimate of drug-likeness (QED) is 0.230. The van der Waals surface area contributed by atoms with E-state index in [4.69, 9.17) is 29.2 Å². The number of para-hydroxylation sites is 2. The van der Waals surface area contributed by atoms with Crippen LogP contribution in [0, 0.1) is 0 Å². The fourth-order valence-electron chi connectivity index (χ4n) is 5.27. The van der Waals surface area contributed by atoms with Gasteiger partial charge < -0.3 is 15.4 Å². The van der Waals surface area contributed by atoms with Crippen molar-refractivity contribution in [2.45, 2.75) is 12.5 Å². The minimum Gasteiger partial charge on any atom is -0.457 e. The van der Waals surface area contributed by atoms with Crippen LogP contribution in [0.5, 0.6) is 11.5 Å². The first-order valence-corrected chi connectivity index (χ1v) is 13.8. The fourth-order valence-corrected chi connectivity index (χ4v) is 5.50. The predicted octanol–water partition coefficient (Wildman–Crippen LogP) is 6.33. The third-order valence-electron chi connectivity index (χ3n) is 7.26. The Hall–Kier alpha value is -5.08. The van der Waals surface area contributed by atoms with Gasteiger partial charge in [0.25, 0.3) is 0 Å². The molecular formula is C33H23BClN5O2. The number of nitrogens with zero attached hydrogens (tertiary/aromatic N) is 3. The standard InChI is InChI=1S/C33H23BClN5O2/c34-25-19-37-40-30(17-27(39-32(25)40)22-10-1-4-13-26(22)35)36-18-20-8-7-9-21(16-20)38-33(41)31-23-11-2-5-14-28(23)42-29-15-6-3-12-24(29)31/h1-17,19,31,36H,18H2,(H,38,41). The number of amides is 1. The van der Waals surface area contributed by atoms with Crippen LogP contribution in [0.2, 0.25) is 5.02 Å². The lowest BCUT2D eigenvalue weighted by molar-refractivity contribution is -0.116.